The van der Waals surface area contributed by atoms with Crippen molar-refractivity contribution in [1.29, 1.82) is 0 Å². The third-order valence-corrected chi connectivity index (χ3v) is 6.04. The summed E-state index contributed by atoms with van der Waals surface area (Å²) in [5, 5.41) is 4.39. The minimum Gasteiger partial charge on any atom is -0.355 e. The molecule has 0 saturated carbocycles. The van der Waals surface area contributed by atoms with Gasteiger partial charge in [0.05, 0.1) is 5.25 Å². The highest BCUT2D eigenvalue weighted by Crippen LogP contribution is 2.37. The van der Waals surface area contributed by atoms with Crippen molar-refractivity contribution in [2.45, 2.75) is 36.5 Å². The average Bonchev–Trinajstić information content (AvgIpc) is 3.22. The number of thioether (sulfide) groups is 1. The second-order valence-corrected chi connectivity index (χ2v) is 7.88. The molecular formula is C21H22N2OS. The van der Waals surface area contributed by atoms with Crippen LogP contribution in [0.5, 0.6) is 0 Å². The first kappa shape index (κ1) is 16.3. The van der Waals surface area contributed by atoms with Gasteiger partial charge >= 0.3 is 0 Å². The molecule has 4 heteroatoms. The van der Waals surface area contributed by atoms with E-state index in [0.29, 0.717) is 0 Å². The summed E-state index contributed by atoms with van der Waals surface area (Å²) in [5.41, 5.74) is 3.81. The fourth-order valence-corrected chi connectivity index (χ4v) is 4.71. The number of aryl methyl sites for hydroxylation is 2. The van der Waals surface area contributed by atoms with Crippen molar-refractivity contribution in [3.63, 3.8) is 0 Å². The van der Waals surface area contributed by atoms with E-state index in [9.17, 15) is 4.79 Å². The molecule has 2 aromatic carbocycles. The number of aromatic nitrogens is 1. The second-order valence-electron chi connectivity index (χ2n) is 6.63. The minimum absolute atomic E-state index is 0.0178. The lowest BCUT2D eigenvalue weighted by Crippen LogP contribution is -2.33. The molecule has 3 nitrogen and oxygen atoms in total. The Morgan fingerprint density at radius 3 is 3.04 bits per heavy atom. The maximum Gasteiger partial charge on any atom is 0.233 e. The second kappa shape index (κ2) is 6.96. The molecule has 1 amide bonds. The molecule has 2 heterocycles. The monoisotopic (exact) mass is 350 g/mol. The smallest absolute Gasteiger partial charge is 0.233 e. The third-order valence-electron chi connectivity index (χ3n) is 4.74. The first-order valence-corrected chi connectivity index (χ1v) is 9.66. The van der Waals surface area contributed by atoms with Crippen LogP contribution in [0, 0.1) is 6.92 Å². The number of rotatable bonds is 5. The van der Waals surface area contributed by atoms with Crippen molar-refractivity contribution in [3.05, 3.63) is 65.9 Å². The summed E-state index contributed by atoms with van der Waals surface area (Å²) >= 11 is 1.70. The van der Waals surface area contributed by atoms with Crippen LogP contribution in [0.25, 0.3) is 10.9 Å². The van der Waals surface area contributed by atoms with Crippen LogP contribution in [0.2, 0.25) is 0 Å². The van der Waals surface area contributed by atoms with E-state index >= 15 is 0 Å². The molecule has 1 aliphatic heterocycles. The number of hydrogen-bond acceptors (Lipinski definition) is 2. The lowest BCUT2D eigenvalue weighted by molar-refractivity contribution is -0.120. The van der Waals surface area contributed by atoms with Crippen LogP contribution in [-0.4, -0.2) is 22.3 Å². The van der Waals surface area contributed by atoms with E-state index in [1.165, 1.54) is 26.9 Å². The van der Waals surface area contributed by atoms with Crippen molar-refractivity contribution >= 4 is 28.6 Å². The molecule has 4 rings (SSSR count). The molecule has 1 aliphatic rings. The van der Waals surface area contributed by atoms with Crippen LogP contribution < -0.4 is 5.32 Å². The largest absolute Gasteiger partial charge is 0.355 e. The van der Waals surface area contributed by atoms with Crippen molar-refractivity contribution < 1.29 is 4.79 Å². The molecule has 0 bridgehead atoms. The zero-order chi connectivity index (χ0) is 17.2. The number of nitrogens with zero attached hydrogens (tertiary/aromatic N) is 1. The molecule has 0 spiro atoms. The maximum atomic E-state index is 12.4. The Kier molecular flexibility index (Phi) is 4.53. The van der Waals surface area contributed by atoms with E-state index in [1.807, 2.05) is 0 Å². The van der Waals surface area contributed by atoms with E-state index in [4.69, 9.17) is 0 Å². The molecule has 0 aliphatic carbocycles. The number of fused-ring (bicyclic) bond motifs is 2. The molecule has 1 aromatic heterocycles. The molecule has 0 radical (unpaired) electrons. The first-order chi connectivity index (χ1) is 12.2. The van der Waals surface area contributed by atoms with Gasteiger partial charge in [0, 0.05) is 29.7 Å². The molecule has 0 fully saturated rings. The van der Waals surface area contributed by atoms with E-state index < -0.39 is 0 Å². The zero-order valence-corrected chi connectivity index (χ0v) is 15.2. The molecule has 128 valence electrons. The predicted octanol–water partition coefficient (Wildman–Crippen LogP) is 4.17. The molecule has 1 N–H and O–H groups in total. The Bertz CT molecular complexity index is 915. The van der Waals surface area contributed by atoms with Crippen molar-refractivity contribution in [2.24, 2.45) is 0 Å². The molecule has 3 aromatic rings. The Labute approximate surface area is 152 Å². The Hall–Kier alpha value is -2.20. The summed E-state index contributed by atoms with van der Waals surface area (Å²) in [5.74, 6) is 0.163. The van der Waals surface area contributed by atoms with Crippen molar-refractivity contribution in [2.75, 3.05) is 6.54 Å². The van der Waals surface area contributed by atoms with Gasteiger partial charge in [-0.25, -0.2) is 0 Å². The van der Waals surface area contributed by atoms with E-state index in [0.717, 1.165) is 25.9 Å². The quantitative estimate of drug-likeness (QED) is 0.701. The van der Waals surface area contributed by atoms with Crippen molar-refractivity contribution in [1.82, 2.24) is 9.88 Å². The van der Waals surface area contributed by atoms with E-state index in [1.54, 1.807) is 11.8 Å². The van der Waals surface area contributed by atoms with Gasteiger partial charge in [-0.2, -0.15) is 0 Å². The number of carbonyl (C=O) groups excluding carboxylic acids is 1. The number of hydrogen-bond donors (Lipinski definition) is 1. The summed E-state index contributed by atoms with van der Waals surface area (Å²) < 4.78 is 2.25. The van der Waals surface area contributed by atoms with Gasteiger partial charge in [-0.3, -0.25) is 4.79 Å². The summed E-state index contributed by atoms with van der Waals surface area (Å²) in [6.07, 6.45) is 3.90. The topological polar surface area (TPSA) is 34.0 Å². The van der Waals surface area contributed by atoms with Gasteiger partial charge in [0.15, 0.2) is 0 Å². The normalized spacial score (nSPS) is 16.1. The third kappa shape index (κ3) is 3.45. The van der Waals surface area contributed by atoms with Crippen LogP contribution in [0.4, 0.5) is 0 Å². The van der Waals surface area contributed by atoms with E-state index in [-0.39, 0.29) is 11.2 Å². The highest BCUT2D eigenvalue weighted by molar-refractivity contribution is 8.01. The maximum absolute atomic E-state index is 12.4. The average molecular weight is 350 g/mol. The number of para-hydroxylation sites is 1. The van der Waals surface area contributed by atoms with Gasteiger partial charge in [-0.05, 0) is 48.9 Å². The van der Waals surface area contributed by atoms with Crippen LogP contribution >= 0.6 is 11.8 Å². The Morgan fingerprint density at radius 2 is 2.12 bits per heavy atom. The summed E-state index contributed by atoms with van der Waals surface area (Å²) in [4.78, 5) is 13.7. The van der Waals surface area contributed by atoms with Gasteiger partial charge < -0.3 is 9.88 Å². The van der Waals surface area contributed by atoms with Crippen LogP contribution in [0.1, 0.15) is 17.5 Å². The minimum atomic E-state index is 0.0178. The Morgan fingerprint density at radius 1 is 1.24 bits per heavy atom. The highest BCUT2D eigenvalue weighted by Gasteiger charge is 2.27. The van der Waals surface area contributed by atoms with Gasteiger partial charge in [-0.1, -0.05) is 35.9 Å². The fraction of sp³-hybridized carbons (Fsp3) is 0.286. The SMILES string of the molecule is Cc1ccc2c(c1)SC(C(=O)NCCCn1ccc3ccccc31)C2. The summed E-state index contributed by atoms with van der Waals surface area (Å²) in [6, 6.07) is 17.0. The van der Waals surface area contributed by atoms with E-state index in [2.05, 4.69) is 71.5 Å². The number of amides is 1. The summed E-state index contributed by atoms with van der Waals surface area (Å²) in [6.45, 7) is 3.74. The zero-order valence-electron chi connectivity index (χ0n) is 14.4. The lowest BCUT2D eigenvalue weighted by atomic mass is 10.1. The Balaban J connectivity index is 1.27. The summed E-state index contributed by atoms with van der Waals surface area (Å²) in [7, 11) is 0. The first-order valence-electron chi connectivity index (χ1n) is 8.78. The van der Waals surface area contributed by atoms with Gasteiger partial charge in [0.25, 0.3) is 0 Å². The van der Waals surface area contributed by atoms with Crippen LogP contribution in [0.3, 0.4) is 0 Å². The van der Waals surface area contributed by atoms with Gasteiger partial charge in [0.2, 0.25) is 5.91 Å². The fourth-order valence-electron chi connectivity index (χ4n) is 3.39. The number of nitrogens with one attached hydrogen (secondary N) is 1. The van der Waals surface area contributed by atoms with Crippen LogP contribution in [-0.2, 0) is 17.8 Å². The van der Waals surface area contributed by atoms with Crippen molar-refractivity contribution in [3.8, 4) is 0 Å². The highest BCUT2D eigenvalue weighted by atomic mass is 32.2. The molecular weight excluding hydrogens is 328 g/mol. The molecule has 1 unspecified atom stereocenters. The predicted molar refractivity (Wildman–Crippen MR) is 104 cm³/mol. The molecule has 1 atom stereocenters. The molecule has 0 saturated heterocycles. The van der Waals surface area contributed by atoms with Gasteiger partial charge in [0.1, 0.15) is 0 Å². The number of benzene rings is 2. The van der Waals surface area contributed by atoms with Crippen LogP contribution in [0.15, 0.2) is 59.6 Å². The standard InChI is InChI=1S/C21H22N2OS/c1-15-7-8-17-14-20(25-19(17)13-15)21(24)22-10-4-11-23-12-9-16-5-2-3-6-18(16)23/h2-3,5-9,12-13,20H,4,10-11,14H2,1H3,(H,22,24). The number of carbonyl (C=O) groups is 1. The molecule has 25 heavy (non-hydrogen) atoms. The van der Waals surface area contributed by atoms with Gasteiger partial charge in [-0.15, -0.1) is 11.8 Å². The lowest BCUT2D eigenvalue weighted by Gasteiger charge is -2.10.